The third kappa shape index (κ3) is 5.46. The molecule has 2 N–H and O–H groups in total. The van der Waals surface area contributed by atoms with E-state index in [1.165, 1.54) is 0 Å². The molecule has 1 unspecified atom stereocenters. The van der Waals surface area contributed by atoms with Crippen molar-refractivity contribution < 1.29 is 21.5 Å². The lowest BCUT2D eigenvalue weighted by Gasteiger charge is -2.18. The summed E-state index contributed by atoms with van der Waals surface area (Å²) in [5.41, 5.74) is 1.23. The zero-order valence-electron chi connectivity index (χ0n) is 16.7. The van der Waals surface area contributed by atoms with E-state index >= 15 is 0 Å². The average molecular weight is 646 g/mol. The van der Waals surface area contributed by atoms with E-state index in [4.69, 9.17) is 6.85 Å². The Morgan fingerprint density at radius 1 is 1.41 bits per heavy atom. The van der Waals surface area contributed by atoms with Gasteiger partial charge in [-0.05, 0) is 98.6 Å². The summed E-state index contributed by atoms with van der Waals surface area (Å²) in [5, 5.41) is 11.9. The Kier molecular flexibility index (Phi) is 5.94. The van der Waals surface area contributed by atoms with Crippen LogP contribution in [-0.2, 0) is 16.0 Å². The number of nitrogens with one attached hydrogen (secondary N) is 1. The van der Waals surface area contributed by atoms with Crippen molar-refractivity contribution in [3.8, 4) is 0 Å². The summed E-state index contributed by atoms with van der Waals surface area (Å²) in [6.07, 6.45) is -2.67. The predicted molar refractivity (Wildman–Crippen MR) is 113 cm³/mol. The van der Waals surface area contributed by atoms with E-state index in [-0.39, 0.29) is 0 Å². The lowest BCUT2D eigenvalue weighted by atomic mass is 9.97. The molecule has 0 fully saturated rings. The van der Waals surface area contributed by atoms with E-state index in [0.717, 1.165) is 9.13 Å². The monoisotopic (exact) mass is 646 g/mol. The number of benzene rings is 1. The summed E-state index contributed by atoms with van der Waals surface area (Å²) in [6.45, 7) is -1.11. The molecular weight excluding hydrogens is 623 g/mol. The molecule has 1 aromatic carbocycles. The molecule has 0 aliphatic rings. The van der Waals surface area contributed by atoms with Gasteiger partial charge in [0.15, 0.2) is 0 Å². The van der Waals surface area contributed by atoms with Gasteiger partial charge in [-0.1, -0.05) is 13.8 Å². The molecule has 1 aromatic rings. The molecule has 1 rings (SSSR count). The largest absolute Gasteiger partial charge is 0.481 e. The predicted octanol–water partition coefficient (Wildman–Crippen LogP) is 4.89. The van der Waals surface area contributed by atoms with Gasteiger partial charge in [0, 0.05) is 24.0 Å². The molecule has 7 heteroatoms. The van der Waals surface area contributed by atoms with Gasteiger partial charge in [0.05, 0.1) is 11.6 Å². The molecule has 22 heavy (non-hydrogen) atoms. The molecule has 0 aliphatic heterocycles. The van der Waals surface area contributed by atoms with E-state index in [0.29, 0.717) is 25.7 Å². The van der Waals surface area contributed by atoms with Crippen LogP contribution in [0.15, 0.2) is 6.07 Å². The first-order chi connectivity index (χ1) is 12.2. The first-order valence-electron chi connectivity index (χ1n) is 8.90. The summed E-state index contributed by atoms with van der Waals surface area (Å²) in [6, 6.07) is 1.81. The zero-order valence-corrected chi connectivity index (χ0v) is 18.1. The van der Waals surface area contributed by atoms with E-state index in [2.05, 4.69) is 27.9 Å². The van der Waals surface area contributed by atoms with Gasteiger partial charge in [-0.3, -0.25) is 9.59 Å². The molecule has 1 amide bonds. The molecule has 0 saturated heterocycles. The summed E-state index contributed by atoms with van der Waals surface area (Å²) in [5.74, 6) is -2.19. The number of carboxylic acids is 1. The normalized spacial score (nSPS) is 16.6. The van der Waals surface area contributed by atoms with E-state index in [9.17, 15) is 14.7 Å². The Bertz CT molecular complexity index is 740. The maximum absolute atomic E-state index is 12.3. The summed E-state index contributed by atoms with van der Waals surface area (Å²) in [7, 11) is 0. The second kappa shape index (κ2) is 9.60. The lowest BCUT2D eigenvalue weighted by Crippen LogP contribution is -2.18. The van der Waals surface area contributed by atoms with Crippen molar-refractivity contribution in [2.45, 2.75) is 39.4 Å². The summed E-state index contributed by atoms with van der Waals surface area (Å²) >= 11 is 6.17. The van der Waals surface area contributed by atoms with E-state index < -0.39 is 37.4 Å². The Hall–Kier alpha value is 0.350. The standard InChI is InChI=1S/C15H18I3NO3/c1-3-5-12(20)19-14-11(17)7-10(16)9(13(14)18)6-8(4-2)15(21)22/h7-8H,3-6H2,1-2H3,(H,19,20)(H,21,22)/i1D3,3D2. The van der Waals surface area contributed by atoms with Gasteiger partial charge in [-0.25, -0.2) is 0 Å². The van der Waals surface area contributed by atoms with Crippen molar-refractivity contribution in [1.82, 2.24) is 0 Å². The van der Waals surface area contributed by atoms with Crippen molar-refractivity contribution in [2.24, 2.45) is 5.92 Å². The molecule has 0 aromatic heterocycles. The number of amides is 1. The topological polar surface area (TPSA) is 66.4 Å². The molecule has 0 radical (unpaired) electrons. The molecule has 0 spiro atoms. The van der Waals surface area contributed by atoms with Gasteiger partial charge < -0.3 is 10.4 Å². The van der Waals surface area contributed by atoms with Crippen LogP contribution >= 0.6 is 67.8 Å². The van der Waals surface area contributed by atoms with Crippen molar-refractivity contribution in [1.29, 1.82) is 0 Å². The molecule has 0 heterocycles. The smallest absolute Gasteiger partial charge is 0.306 e. The van der Waals surface area contributed by atoms with Crippen molar-refractivity contribution in [2.75, 3.05) is 5.32 Å². The fourth-order valence-corrected chi connectivity index (χ4v) is 5.93. The fraction of sp³-hybridized carbons (Fsp3) is 0.467. The number of hydrogen-bond acceptors (Lipinski definition) is 2. The lowest BCUT2D eigenvalue weighted by molar-refractivity contribution is -0.141. The van der Waals surface area contributed by atoms with Crippen LogP contribution in [0.2, 0.25) is 0 Å². The summed E-state index contributed by atoms with van der Waals surface area (Å²) in [4.78, 5) is 23.6. The number of hydrogen-bond donors (Lipinski definition) is 2. The number of anilines is 1. The highest BCUT2D eigenvalue weighted by molar-refractivity contribution is 14.1. The van der Waals surface area contributed by atoms with Gasteiger partial charge in [0.2, 0.25) is 5.91 Å². The number of halogens is 3. The van der Waals surface area contributed by atoms with Crippen LogP contribution in [0.25, 0.3) is 0 Å². The highest BCUT2D eigenvalue weighted by Crippen LogP contribution is 2.33. The summed E-state index contributed by atoms with van der Waals surface area (Å²) < 4.78 is 39.1. The molecule has 0 saturated carbocycles. The maximum atomic E-state index is 12.3. The molecule has 0 aliphatic carbocycles. The first kappa shape index (κ1) is 13.6. The highest BCUT2D eigenvalue weighted by Gasteiger charge is 2.22. The highest BCUT2D eigenvalue weighted by atomic mass is 127. The molecule has 1 atom stereocenters. The third-order valence-electron chi connectivity index (χ3n) is 3.07. The minimum atomic E-state index is -2.91. The van der Waals surface area contributed by atoms with E-state index in [1.54, 1.807) is 13.0 Å². The first-order valence-corrected chi connectivity index (χ1v) is 9.64. The van der Waals surface area contributed by atoms with E-state index in [1.807, 2.05) is 45.2 Å². The van der Waals surface area contributed by atoms with Crippen LogP contribution in [0.3, 0.4) is 0 Å². The number of rotatable bonds is 7. The minimum Gasteiger partial charge on any atom is -0.481 e. The molecule has 4 nitrogen and oxygen atoms in total. The Balaban J connectivity index is 3.17. The Labute approximate surface area is 178 Å². The second-order valence-electron chi connectivity index (χ2n) is 4.56. The van der Waals surface area contributed by atoms with Crippen LogP contribution in [0, 0.1) is 16.6 Å². The van der Waals surface area contributed by atoms with Gasteiger partial charge in [-0.15, -0.1) is 0 Å². The minimum absolute atomic E-state index is 0.304. The van der Waals surface area contributed by atoms with Crippen LogP contribution < -0.4 is 5.32 Å². The third-order valence-corrected chi connectivity index (χ3v) is 6.07. The molecule has 0 bridgehead atoms. The number of carboxylic acid groups (broad SMARTS) is 1. The fourth-order valence-electron chi connectivity index (χ4n) is 1.85. The van der Waals surface area contributed by atoms with Gasteiger partial charge in [-0.2, -0.15) is 0 Å². The maximum Gasteiger partial charge on any atom is 0.306 e. The van der Waals surface area contributed by atoms with Gasteiger partial charge in [0.25, 0.3) is 0 Å². The number of aliphatic carboxylic acids is 1. The van der Waals surface area contributed by atoms with Crippen LogP contribution in [0.5, 0.6) is 0 Å². The van der Waals surface area contributed by atoms with Crippen LogP contribution in [0.4, 0.5) is 5.69 Å². The van der Waals surface area contributed by atoms with Gasteiger partial charge in [0.1, 0.15) is 0 Å². The SMILES string of the molecule is [2H]C([2H])([2H])C([2H])([2H])CC(=O)Nc1c(I)cc(I)c(CC(CC)C(=O)O)c1I. The second-order valence-corrected chi connectivity index (χ2v) is 7.96. The van der Waals surface area contributed by atoms with Crippen LogP contribution in [0.1, 0.15) is 45.4 Å². The van der Waals surface area contributed by atoms with Crippen molar-refractivity contribution in [3.63, 3.8) is 0 Å². The zero-order chi connectivity index (χ0) is 21.2. The average Bonchev–Trinajstić information content (AvgIpc) is 2.49. The van der Waals surface area contributed by atoms with Crippen molar-refractivity contribution in [3.05, 3.63) is 22.3 Å². The quantitative estimate of drug-likeness (QED) is 0.415. The molecule has 122 valence electrons. The number of carbonyl (C=O) groups excluding carboxylic acids is 1. The van der Waals surface area contributed by atoms with Crippen molar-refractivity contribution >= 4 is 85.3 Å². The Morgan fingerprint density at radius 3 is 2.64 bits per heavy atom. The molecular formula is C15H18I3NO3. The number of carbonyl (C=O) groups is 2. The van der Waals surface area contributed by atoms with Crippen LogP contribution in [-0.4, -0.2) is 17.0 Å². The Morgan fingerprint density at radius 2 is 2.09 bits per heavy atom. The van der Waals surface area contributed by atoms with Gasteiger partial charge >= 0.3 is 5.97 Å².